The Labute approximate surface area is 174 Å². The molecule has 0 saturated heterocycles. The highest BCUT2D eigenvalue weighted by Crippen LogP contribution is 2.13. The van der Waals surface area contributed by atoms with Gasteiger partial charge in [0.1, 0.15) is 0 Å². The van der Waals surface area contributed by atoms with Gasteiger partial charge in [0.2, 0.25) is 0 Å². The molecule has 0 saturated carbocycles. The third-order valence-electron chi connectivity index (χ3n) is 4.60. The number of aromatic amines is 1. The molecule has 0 aliphatic rings. The van der Waals surface area contributed by atoms with Gasteiger partial charge in [0.25, 0.3) is 11.5 Å². The third-order valence-corrected chi connectivity index (χ3v) is 4.92. The van der Waals surface area contributed by atoms with Crippen molar-refractivity contribution in [1.82, 2.24) is 19.8 Å². The van der Waals surface area contributed by atoms with Crippen LogP contribution in [0.1, 0.15) is 21.5 Å². The van der Waals surface area contributed by atoms with Crippen LogP contribution in [-0.2, 0) is 19.6 Å². The zero-order valence-electron chi connectivity index (χ0n) is 16.6. The van der Waals surface area contributed by atoms with Crippen molar-refractivity contribution in [1.29, 1.82) is 0 Å². The lowest BCUT2D eigenvalue weighted by Gasteiger charge is -2.15. The lowest BCUT2D eigenvalue weighted by Crippen LogP contribution is -2.25. The summed E-state index contributed by atoms with van der Waals surface area (Å²) in [7, 11) is 4.02. The molecule has 0 bridgehead atoms. The number of hydrogen-bond acceptors (Lipinski definition) is 4. The Morgan fingerprint density at radius 3 is 2.66 bits per heavy atom. The highest BCUT2D eigenvalue weighted by atomic mass is 32.1. The van der Waals surface area contributed by atoms with Crippen molar-refractivity contribution >= 4 is 29.0 Å². The Balaban J connectivity index is 1.83. The van der Waals surface area contributed by atoms with E-state index in [1.165, 1.54) is 10.1 Å². The summed E-state index contributed by atoms with van der Waals surface area (Å²) < 4.78 is 1.74. The van der Waals surface area contributed by atoms with Gasteiger partial charge in [0.05, 0.1) is 10.9 Å². The number of rotatable bonds is 7. The van der Waals surface area contributed by atoms with E-state index in [1.54, 1.807) is 24.3 Å². The van der Waals surface area contributed by atoms with Gasteiger partial charge in [-0.15, -0.1) is 6.58 Å². The average Bonchev–Trinajstić information content (AvgIpc) is 2.69. The molecule has 0 fully saturated rings. The van der Waals surface area contributed by atoms with Crippen LogP contribution < -0.4 is 10.9 Å². The first-order valence-electron chi connectivity index (χ1n) is 9.28. The number of benzene rings is 2. The summed E-state index contributed by atoms with van der Waals surface area (Å²) in [6.07, 6.45) is 1.62. The van der Waals surface area contributed by atoms with Gasteiger partial charge in [-0.3, -0.25) is 14.2 Å². The van der Waals surface area contributed by atoms with Gasteiger partial charge < -0.3 is 15.2 Å². The Bertz CT molecular complexity index is 1180. The first-order valence-corrected chi connectivity index (χ1v) is 9.69. The number of nitrogens with one attached hydrogen (secondary N) is 2. The van der Waals surface area contributed by atoms with Gasteiger partial charge >= 0.3 is 0 Å². The predicted molar refractivity (Wildman–Crippen MR) is 119 cm³/mol. The maximum absolute atomic E-state index is 12.7. The minimum absolute atomic E-state index is 0.201. The van der Waals surface area contributed by atoms with Gasteiger partial charge in [-0.1, -0.05) is 30.3 Å². The Kier molecular flexibility index (Phi) is 6.41. The van der Waals surface area contributed by atoms with Crippen molar-refractivity contribution in [3.05, 3.63) is 86.9 Å². The molecule has 2 N–H and O–H groups in total. The number of aromatic nitrogens is 2. The molecule has 0 radical (unpaired) electrons. The number of nitrogens with zero attached hydrogens (tertiary/aromatic N) is 2. The summed E-state index contributed by atoms with van der Waals surface area (Å²) in [6.45, 7) is 5.21. The number of amides is 1. The second kappa shape index (κ2) is 8.98. The van der Waals surface area contributed by atoms with Crippen molar-refractivity contribution in [3.8, 4) is 0 Å². The third kappa shape index (κ3) is 4.70. The molecule has 7 heteroatoms. The monoisotopic (exact) mass is 408 g/mol. The molecule has 1 heterocycles. The largest absolute Gasteiger partial charge is 0.348 e. The van der Waals surface area contributed by atoms with Gasteiger partial charge in [0, 0.05) is 25.2 Å². The lowest BCUT2D eigenvalue weighted by atomic mass is 10.1. The summed E-state index contributed by atoms with van der Waals surface area (Å²) in [4.78, 5) is 30.4. The van der Waals surface area contributed by atoms with E-state index in [2.05, 4.69) is 27.8 Å². The zero-order valence-corrected chi connectivity index (χ0v) is 17.4. The molecular weight excluding hydrogens is 384 g/mol. The lowest BCUT2D eigenvalue weighted by molar-refractivity contribution is 0.0951. The fraction of sp³-hybridized carbons (Fsp3) is 0.227. The van der Waals surface area contributed by atoms with Crippen molar-refractivity contribution in [2.75, 3.05) is 14.1 Å². The standard InChI is InChI=1S/C22H24N4O2S/c1-4-11-26-21(28)18-10-9-15(12-19(18)24-22(26)29)20(27)23-13-16-7-5-6-8-17(16)14-25(2)3/h4-10,12H,1,11,13-14H2,2-3H3,(H,23,27)(H,24,29). The molecule has 0 unspecified atom stereocenters. The second-order valence-electron chi connectivity index (χ2n) is 7.08. The molecule has 1 aromatic heterocycles. The number of fused-ring (bicyclic) bond motifs is 1. The Hall–Kier alpha value is -3.03. The van der Waals surface area contributed by atoms with E-state index >= 15 is 0 Å². The van der Waals surface area contributed by atoms with Crippen LogP contribution in [0.5, 0.6) is 0 Å². The van der Waals surface area contributed by atoms with Gasteiger partial charge in [-0.2, -0.15) is 0 Å². The normalized spacial score (nSPS) is 11.0. The highest BCUT2D eigenvalue weighted by Gasteiger charge is 2.11. The number of carbonyl (C=O) groups is 1. The molecule has 0 spiro atoms. The van der Waals surface area contributed by atoms with E-state index < -0.39 is 0 Å². The average molecular weight is 409 g/mol. The van der Waals surface area contributed by atoms with Gasteiger partial charge in [-0.05, 0) is 55.6 Å². The van der Waals surface area contributed by atoms with Crippen LogP contribution in [0.25, 0.3) is 10.9 Å². The molecular formula is C22H24N4O2S. The molecule has 29 heavy (non-hydrogen) atoms. The fourth-order valence-corrected chi connectivity index (χ4v) is 3.46. The quantitative estimate of drug-likeness (QED) is 0.465. The first kappa shape index (κ1) is 20.7. The van der Waals surface area contributed by atoms with Crippen molar-refractivity contribution in [2.45, 2.75) is 19.6 Å². The molecule has 0 aliphatic heterocycles. The van der Waals surface area contributed by atoms with Crippen LogP contribution in [0, 0.1) is 4.77 Å². The molecule has 150 valence electrons. The minimum Gasteiger partial charge on any atom is -0.348 e. The summed E-state index contributed by atoms with van der Waals surface area (Å²) in [6, 6.07) is 13.0. The topological polar surface area (TPSA) is 70.1 Å². The zero-order chi connectivity index (χ0) is 21.0. The summed E-state index contributed by atoms with van der Waals surface area (Å²) in [5, 5.41) is 3.44. The van der Waals surface area contributed by atoms with E-state index in [0.29, 0.717) is 34.3 Å². The number of hydrogen-bond donors (Lipinski definition) is 2. The van der Waals surface area contributed by atoms with E-state index in [9.17, 15) is 9.59 Å². The van der Waals surface area contributed by atoms with E-state index in [-0.39, 0.29) is 11.5 Å². The molecule has 6 nitrogen and oxygen atoms in total. The van der Waals surface area contributed by atoms with Crippen LogP contribution >= 0.6 is 12.2 Å². The van der Waals surface area contributed by atoms with Crippen molar-refractivity contribution in [3.63, 3.8) is 0 Å². The van der Waals surface area contributed by atoms with Gasteiger partial charge in [0.15, 0.2) is 4.77 Å². The molecule has 1 amide bonds. The van der Waals surface area contributed by atoms with Crippen LogP contribution in [0.4, 0.5) is 0 Å². The fourth-order valence-electron chi connectivity index (χ4n) is 3.19. The Morgan fingerprint density at radius 2 is 1.97 bits per heavy atom. The van der Waals surface area contributed by atoms with Crippen molar-refractivity contribution < 1.29 is 4.79 Å². The van der Waals surface area contributed by atoms with Crippen LogP contribution in [-0.4, -0.2) is 34.5 Å². The Morgan fingerprint density at radius 1 is 1.24 bits per heavy atom. The summed E-state index contributed by atoms with van der Waals surface area (Å²) in [5.74, 6) is -0.207. The van der Waals surface area contributed by atoms with E-state index in [0.717, 1.165) is 12.1 Å². The van der Waals surface area contributed by atoms with Crippen LogP contribution in [0.3, 0.4) is 0 Å². The molecule has 3 rings (SSSR count). The van der Waals surface area contributed by atoms with Gasteiger partial charge in [-0.25, -0.2) is 0 Å². The number of allylic oxidation sites excluding steroid dienone is 1. The van der Waals surface area contributed by atoms with Crippen molar-refractivity contribution in [2.24, 2.45) is 0 Å². The van der Waals surface area contributed by atoms with Crippen LogP contribution in [0.15, 0.2) is 59.9 Å². The number of carbonyl (C=O) groups excluding carboxylic acids is 1. The molecule has 2 aromatic carbocycles. The van der Waals surface area contributed by atoms with E-state index in [4.69, 9.17) is 12.2 Å². The summed E-state index contributed by atoms with van der Waals surface area (Å²) in [5.41, 5.74) is 3.05. The molecule has 0 atom stereocenters. The van der Waals surface area contributed by atoms with Crippen LogP contribution in [0.2, 0.25) is 0 Å². The highest BCUT2D eigenvalue weighted by molar-refractivity contribution is 7.71. The molecule has 0 aliphatic carbocycles. The summed E-state index contributed by atoms with van der Waals surface area (Å²) >= 11 is 5.26. The predicted octanol–water partition coefficient (Wildman–Crippen LogP) is 3.24. The first-order chi connectivity index (χ1) is 13.9. The number of H-pyrrole nitrogens is 1. The maximum Gasteiger partial charge on any atom is 0.262 e. The smallest absolute Gasteiger partial charge is 0.262 e. The molecule has 3 aromatic rings. The second-order valence-corrected chi connectivity index (χ2v) is 7.47. The van der Waals surface area contributed by atoms with E-state index in [1.807, 2.05) is 32.3 Å². The SMILES string of the molecule is C=CCn1c(=S)[nH]c2cc(C(=O)NCc3ccccc3CN(C)C)ccc2c1=O. The minimum atomic E-state index is -0.207. The maximum atomic E-state index is 12.7.